The van der Waals surface area contributed by atoms with Gasteiger partial charge < -0.3 is 18.5 Å². The number of carbonyl (C=O) groups is 1. The highest BCUT2D eigenvalue weighted by atomic mass is 31.2. The van der Waals surface area contributed by atoms with Crippen LogP contribution in [0.3, 0.4) is 0 Å². The van der Waals surface area contributed by atoms with Crippen molar-refractivity contribution >= 4 is 19.3 Å². The normalized spacial score (nSPS) is 27.1. The molecule has 2 aliphatic rings. The van der Waals surface area contributed by atoms with Crippen LogP contribution in [0.1, 0.15) is 71.1 Å². The number of rotatable bonds is 11. The summed E-state index contributed by atoms with van der Waals surface area (Å²) in [6, 6.07) is 15.8. The van der Waals surface area contributed by atoms with Crippen LogP contribution in [0, 0.1) is 22.0 Å². The van der Waals surface area contributed by atoms with Crippen LogP contribution in [-0.2, 0) is 33.3 Å². The number of epoxide rings is 1. The Hall–Kier alpha value is -2.58. The lowest BCUT2D eigenvalue weighted by atomic mass is 9.64. The quantitative estimate of drug-likeness (QED) is 0.0954. The number of nitro groups is 1. The molecule has 0 N–H and O–H groups in total. The second kappa shape index (κ2) is 11.5. The Morgan fingerprint density at radius 3 is 2.26 bits per heavy atom. The monoisotopic (exact) mass is 559 g/mol. The molecule has 1 saturated carbocycles. The van der Waals surface area contributed by atoms with Gasteiger partial charge in [-0.1, -0.05) is 57.5 Å². The Labute approximate surface area is 229 Å². The number of hydrogen-bond acceptors (Lipinski definition) is 8. The van der Waals surface area contributed by atoms with E-state index in [1.165, 1.54) is 24.3 Å². The average Bonchev–Trinajstić information content (AvgIpc) is 3.67. The molecule has 1 aliphatic carbocycles. The lowest BCUT2D eigenvalue weighted by molar-refractivity contribution is -0.384. The van der Waals surface area contributed by atoms with E-state index >= 15 is 0 Å². The smallest absolute Gasteiger partial charge is 0.377 e. The van der Waals surface area contributed by atoms with E-state index in [0.29, 0.717) is 17.9 Å². The van der Waals surface area contributed by atoms with E-state index < -0.39 is 36.0 Å². The highest BCUT2D eigenvalue weighted by Crippen LogP contribution is 2.75. The fourth-order valence-electron chi connectivity index (χ4n) is 5.84. The fourth-order valence-corrected chi connectivity index (χ4v) is 7.93. The molecule has 0 bridgehead atoms. The van der Waals surface area contributed by atoms with Gasteiger partial charge in [0.05, 0.1) is 18.1 Å². The average molecular weight is 560 g/mol. The maximum atomic E-state index is 14.1. The molecule has 39 heavy (non-hydrogen) atoms. The zero-order valence-electron chi connectivity index (χ0n) is 23.2. The largest absolute Gasteiger partial charge is 0.459 e. The van der Waals surface area contributed by atoms with Crippen molar-refractivity contribution in [2.45, 2.75) is 76.8 Å². The van der Waals surface area contributed by atoms with Crippen molar-refractivity contribution in [2.75, 3.05) is 13.2 Å². The van der Waals surface area contributed by atoms with Crippen LogP contribution in [0.25, 0.3) is 0 Å². The van der Waals surface area contributed by atoms with Gasteiger partial charge in [-0.3, -0.25) is 14.7 Å². The van der Waals surface area contributed by atoms with Crippen molar-refractivity contribution in [1.29, 1.82) is 0 Å². The first-order valence-electron chi connectivity index (χ1n) is 13.6. The molecular formula is C29H38NO8P. The Kier molecular flexibility index (Phi) is 8.67. The second-order valence-corrected chi connectivity index (χ2v) is 13.1. The lowest BCUT2D eigenvalue weighted by Crippen LogP contribution is -2.45. The summed E-state index contributed by atoms with van der Waals surface area (Å²) in [5.41, 5.74) is 1.22. The zero-order valence-corrected chi connectivity index (χ0v) is 24.1. The first-order valence-corrected chi connectivity index (χ1v) is 15.1. The van der Waals surface area contributed by atoms with Crippen molar-refractivity contribution < 1.29 is 32.8 Å². The third-order valence-electron chi connectivity index (χ3n) is 8.06. The van der Waals surface area contributed by atoms with E-state index in [2.05, 4.69) is 32.9 Å². The molecule has 0 aromatic heterocycles. The molecule has 0 spiro atoms. The van der Waals surface area contributed by atoms with Crippen molar-refractivity contribution in [1.82, 2.24) is 0 Å². The van der Waals surface area contributed by atoms with Crippen LogP contribution < -0.4 is 0 Å². The molecular weight excluding hydrogens is 521 g/mol. The summed E-state index contributed by atoms with van der Waals surface area (Å²) in [5.74, 6) is -0.422. The summed E-state index contributed by atoms with van der Waals surface area (Å²) in [6.07, 6.45) is 1.12. The first-order chi connectivity index (χ1) is 18.5. The molecule has 0 radical (unpaired) electrons. The molecule has 2 aromatic rings. The van der Waals surface area contributed by atoms with Crippen molar-refractivity contribution in [3.8, 4) is 0 Å². The molecule has 2 aromatic carbocycles. The highest BCUT2D eigenvalue weighted by molar-refractivity contribution is 7.57. The molecule has 0 amide bonds. The summed E-state index contributed by atoms with van der Waals surface area (Å²) in [7, 11) is -4.15. The number of nitro benzene ring substituents is 1. The summed E-state index contributed by atoms with van der Waals surface area (Å²) in [4.78, 5) is 24.7. The van der Waals surface area contributed by atoms with E-state index in [-0.39, 0.29) is 30.2 Å². The van der Waals surface area contributed by atoms with E-state index in [1.807, 2.05) is 18.2 Å². The fraction of sp³-hybridized carbons (Fsp3) is 0.552. The number of carbonyl (C=O) groups excluding carboxylic acids is 1. The van der Waals surface area contributed by atoms with Gasteiger partial charge in [0.1, 0.15) is 12.2 Å². The van der Waals surface area contributed by atoms with Crippen LogP contribution in [-0.4, -0.2) is 35.6 Å². The Morgan fingerprint density at radius 2 is 1.69 bits per heavy atom. The standard InChI is InChI=1S/C29H38NO8P/c1-6-35-39(34,36-7-2)29(26(38-29)21-14-16-23(17-15-21)30(32)33)27(31)37-25-19-20(3)13-18-24(25)28(4,5)22-11-9-8-10-12-22/h8-12,14-17,20,24-26H,6-7,13,18-19H2,1-5H3/t20-,24-,25-,26-,29+/m1/s1. The molecule has 9 nitrogen and oxygen atoms in total. The minimum atomic E-state index is -4.15. The zero-order chi connectivity index (χ0) is 28.4. The van der Waals surface area contributed by atoms with Gasteiger partial charge in [-0.15, -0.1) is 0 Å². The van der Waals surface area contributed by atoms with Crippen molar-refractivity contribution in [3.05, 3.63) is 75.8 Å². The molecule has 10 heteroatoms. The van der Waals surface area contributed by atoms with Crippen LogP contribution in [0.5, 0.6) is 0 Å². The number of benzene rings is 2. The minimum Gasteiger partial charge on any atom is -0.459 e. The third-order valence-corrected chi connectivity index (χ3v) is 10.6. The molecule has 2 fully saturated rings. The number of non-ortho nitro benzene ring substituents is 1. The molecule has 1 aliphatic heterocycles. The predicted molar refractivity (Wildman–Crippen MR) is 146 cm³/mol. The van der Waals surface area contributed by atoms with E-state index in [4.69, 9.17) is 18.5 Å². The topological polar surface area (TPSA) is 118 Å². The van der Waals surface area contributed by atoms with Crippen LogP contribution in [0.2, 0.25) is 0 Å². The molecule has 212 valence electrons. The molecule has 0 unspecified atom stereocenters. The third kappa shape index (κ3) is 5.55. The summed E-state index contributed by atoms with van der Waals surface area (Å²) < 4.78 is 37.5. The number of ether oxygens (including phenoxy) is 2. The summed E-state index contributed by atoms with van der Waals surface area (Å²) in [6.45, 7) is 9.86. The van der Waals surface area contributed by atoms with Gasteiger partial charge in [0.2, 0.25) is 0 Å². The maximum Gasteiger partial charge on any atom is 0.377 e. The van der Waals surface area contributed by atoms with Gasteiger partial charge in [0.25, 0.3) is 11.0 Å². The summed E-state index contributed by atoms with van der Waals surface area (Å²) in [5, 5.41) is 9.15. The van der Waals surface area contributed by atoms with Gasteiger partial charge in [-0.05, 0) is 61.3 Å². The molecule has 4 rings (SSSR count). The van der Waals surface area contributed by atoms with Gasteiger partial charge in [0.15, 0.2) is 0 Å². The Bertz CT molecular complexity index is 1210. The van der Waals surface area contributed by atoms with Gasteiger partial charge >= 0.3 is 13.6 Å². The SMILES string of the molecule is CCOP(=O)(OCC)[C@@]1(C(=O)O[C@@H]2C[C@H](C)CC[C@H]2C(C)(C)c2ccccc2)O[C@@H]1c1ccc([N+](=O)[O-])cc1. The molecule has 5 atom stereocenters. The van der Waals surface area contributed by atoms with E-state index in [9.17, 15) is 19.5 Å². The number of esters is 1. The van der Waals surface area contributed by atoms with Crippen molar-refractivity contribution in [2.24, 2.45) is 11.8 Å². The minimum absolute atomic E-state index is 0.0206. The van der Waals surface area contributed by atoms with Crippen LogP contribution >= 0.6 is 7.60 Å². The van der Waals surface area contributed by atoms with Gasteiger partial charge in [-0.25, -0.2) is 4.79 Å². The molecule has 1 heterocycles. The lowest BCUT2D eigenvalue weighted by Gasteiger charge is -2.44. The molecule has 1 saturated heterocycles. The van der Waals surface area contributed by atoms with Gasteiger partial charge in [-0.2, -0.15) is 0 Å². The van der Waals surface area contributed by atoms with Gasteiger partial charge in [0, 0.05) is 18.1 Å². The van der Waals surface area contributed by atoms with Crippen LogP contribution in [0.4, 0.5) is 5.69 Å². The van der Waals surface area contributed by atoms with E-state index in [0.717, 1.165) is 18.4 Å². The van der Waals surface area contributed by atoms with Crippen LogP contribution in [0.15, 0.2) is 54.6 Å². The number of nitrogens with zero attached hydrogens (tertiary/aromatic N) is 1. The highest BCUT2D eigenvalue weighted by Gasteiger charge is 2.78. The second-order valence-electron chi connectivity index (χ2n) is 10.9. The van der Waals surface area contributed by atoms with E-state index in [1.54, 1.807) is 13.8 Å². The Morgan fingerprint density at radius 1 is 1.08 bits per heavy atom. The maximum absolute atomic E-state index is 14.1. The predicted octanol–water partition coefficient (Wildman–Crippen LogP) is 6.95. The Balaban J connectivity index is 1.69. The van der Waals surface area contributed by atoms with Crippen molar-refractivity contribution in [3.63, 3.8) is 0 Å². The summed E-state index contributed by atoms with van der Waals surface area (Å²) >= 11 is 0. The number of hydrogen-bond donors (Lipinski definition) is 0. The first kappa shape index (κ1) is 29.4.